The summed E-state index contributed by atoms with van der Waals surface area (Å²) >= 11 is 1.66. The summed E-state index contributed by atoms with van der Waals surface area (Å²) in [5, 5.41) is 0. The lowest BCUT2D eigenvalue weighted by Gasteiger charge is -1.96. The summed E-state index contributed by atoms with van der Waals surface area (Å²) in [7, 11) is -2.90. The molecule has 0 N–H and O–H groups in total. The number of thiophene rings is 1. The van der Waals surface area contributed by atoms with Gasteiger partial charge in [0.15, 0.2) is 9.84 Å². The molecule has 0 saturated heterocycles. The number of hydrogen-bond donors (Lipinski definition) is 0. The van der Waals surface area contributed by atoms with Crippen LogP contribution in [-0.2, 0) is 22.0 Å². The molecule has 2 nitrogen and oxygen atoms in total. The Morgan fingerprint density at radius 1 is 1.31 bits per heavy atom. The van der Waals surface area contributed by atoms with Gasteiger partial charge in [-0.1, -0.05) is 19.8 Å². The zero-order valence-corrected chi connectivity index (χ0v) is 11.9. The Kier molecular flexibility index (Phi) is 4.99. The molecule has 0 saturated carbocycles. The first-order valence-electron chi connectivity index (χ1n) is 5.68. The standard InChI is InChI=1S/C12H20O2S2/c1-4-5-6-7-11-8-10(2)12(15-11)9-16(3,13)14/h8H,4-7,9H2,1-3H3. The first-order chi connectivity index (χ1) is 7.42. The molecule has 1 aromatic heterocycles. The van der Waals surface area contributed by atoms with Gasteiger partial charge in [0.1, 0.15) is 0 Å². The van der Waals surface area contributed by atoms with Crippen LogP contribution in [0.1, 0.15) is 41.5 Å². The van der Waals surface area contributed by atoms with Gasteiger partial charge >= 0.3 is 0 Å². The van der Waals surface area contributed by atoms with Gasteiger partial charge in [-0.25, -0.2) is 8.42 Å². The van der Waals surface area contributed by atoms with Gasteiger partial charge < -0.3 is 0 Å². The van der Waals surface area contributed by atoms with Crippen molar-refractivity contribution >= 4 is 21.2 Å². The van der Waals surface area contributed by atoms with E-state index in [2.05, 4.69) is 13.0 Å². The van der Waals surface area contributed by atoms with E-state index in [1.807, 2.05) is 6.92 Å². The van der Waals surface area contributed by atoms with Crippen LogP contribution in [0.15, 0.2) is 6.07 Å². The fourth-order valence-corrected chi connectivity index (χ4v) is 4.24. The quantitative estimate of drug-likeness (QED) is 0.735. The molecule has 1 aromatic rings. The van der Waals surface area contributed by atoms with Crippen molar-refractivity contribution in [2.75, 3.05) is 6.26 Å². The highest BCUT2D eigenvalue weighted by molar-refractivity contribution is 7.90. The third-order valence-corrected chi connectivity index (χ3v) is 4.78. The van der Waals surface area contributed by atoms with Crippen molar-refractivity contribution < 1.29 is 8.42 Å². The summed E-state index contributed by atoms with van der Waals surface area (Å²) in [6.45, 7) is 4.19. The average molecular weight is 260 g/mol. The van der Waals surface area contributed by atoms with Crippen molar-refractivity contribution in [1.82, 2.24) is 0 Å². The molecule has 92 valence electrons. The Labute approximate surface area is 103 Å². The molecule has 0 aromatic carbocycles. The predicted octanol–water partition coefficient (Wildman–Crippen LogP) is 3.33. The minimum atomic E-state index is -2.90. The molecule has 0 bridgehead atoms. The van der Waals surface area contributed by atoms with E-state index in [-0.39, 0.29) is 5.75 Å². The van der Waals surface area contributed by atoms with Gasteiger partial charge in [-0.2, -0.15) is 0 Å². The Balaban J connectivity index is 2.66. The van der Waals surface area contributed by atoms with E-state index in [1.165, 1.54) is 30.4 Å². The van der Waals surface area contributed by atoms with Crippen LogP contribution in [-0.4, -0.2) is 14.7 Å². The van der Waals surface area contributed by atoms with Gasteiger partial charge in [0.25, 0.3) is 0 Å². The number of sulfone groups is 1. The average Bonchev–Trinajstić information content (AvgIpc) is 2.45. The first kappa shape index (κ1) is 13.7. The smallest absolute Gasteiger partial charge is 0.152 e. The zero-order valence-electron chi connectivity index (χ0n) is 10.2. The van der Waals surface area contributed by atoms with Crippen LogP contribution in [0.5, 0.6) is 0 Å². The minimum absolute atomic E-state index is 0.192. The van der Waals surface area contributed by atoms with Gasteiger partial charge in [0, 0.05) is 16.0 Å². The molecule has 1 rings (SSSR count). The van der Waals surface area contributed by atoms with Gasteiger partial charge in [-0.3, -0.25) is 0 Å². The number of aryl methyl sites for hydroxylation is 2. The highest BCUT2D eigenvalue weighted by atomic mass is 32.2. The monoisotopic (exact) mass is 260 g/mol. The molecular formula is C12H20O2S2. The summed E-state index contributed by atoms with van der Waals surface area (Å²) in [4.78, 5) is 2.33. The van der Waals surface area contributed by atoms with Crippen LogP contribution in [0.2, 0.25) is 0 Å². The molecule has 0 fully saturated rings. The molecule has 1 heterocycles. The van der Waals surface area contributed by atoms with Crippen LogP contribution < -0.4 is 0 Å². The van der Waals surface area contributed by atoms with Gasteiger partial charge in [-0.15, -0.1) is 11.3 Å². The summed E-state index contributed by atoms with van der Waals surface area (Å²) in [6, 6.07) is 2.14. The molecule has 0 unspecified atom stereocenters. The number of hydrogen-bond acceptors (Lipinski definition) is 3. The maximum Gasteiger partial charge on any atom is 0.152 e. The van der Waals surface area contributed by atoms with E-state index in [9.17, 15) is 8.42 Å². The van der Waals surface area contributed by atoms with Crippen LogP contribution in [0.25, 0.3) is 0 Å². The van der Waals surface area contributed by atoms with Crippen LogP contribution in [0, 0.1) is 6.92 Å². The summed E-state index contributed by atoms with van der Waals surface area (Å²) in [5.74, 6) is 0.192. The molecule has 4 heteroatoms. The van der Waals surface area contributed by atoms with E-state index < -0.39 is 9.84 Å². The topological polar surface area (TPSA) is 34.1 Å². The molecule has 0 aliphatic heterocycles. The fraction of sp³-hybridized carbons (Fsp3) is 0.667. The highest BCUT2D eigenvalue weighted by Gasteiger charge is 2.11. The maximum absolute atomic E-state index is 11.2. The predicted molar refractivity (Wildman–Crippen MR) is 70.8 cm³/mol. The molecule has 16 heavy (non-hydrogen) atoms. The van der Waals surface area contributed by atoms with Crippen molar-refractivity contribution in [2.45, 2.75) is 45.3 Å². The van der Waals surface area contributed by atoms with Crippen LogP contribution >= 0.6 is 11.3 Å². The van der Waals surface area contributed by atoms with Crippen LogP contribution in [0.3, 0.4) is 0 Å². The third kappa shape index (κ3) is 4.66. The Morgan fingerprint density at radius 3 is 2.56 bits per heavy atom. The molecule has 0 spiro atoms. The van der Waals surface area contributed by atoms with Crippen molar-refractivity contribution in [3.05, 3.63) is 21.4 Å². The Hall–Kier alpha value is -0.350. The zero-order chi connectivity index (χ0) is 12.2. The summed E-state index contributed by atoms with van der Waals surface area (Å²) < 4.78 is 22.5. The molecule has 0 amide bonds. The van der Waals surface area contributed by atoms with E-state index >= 15 is 0 Å². The highest BCUT2D eigenvalue weighted by Crippen LogP contribution is 2.25. The third-order valence-electron chi connectivity index (χ3n) is 2.49. The Bertz CT molecular complexity index is 430. The summed E-state index contributed by atoms with van der Waals surface area (Å²) in [5.41, 5.74) is 1.13. The molecule has 0 radical (unpaired) electrons. The second-order valence-corrected chi connectivity index (χ2v) is 7.71. The van der Waals surface area contributed by atoms with Crippen molar-refractivity contribution in [1.29, 1.82) is 0 Å². The van der Waals surface area contributed by atoms with Crippen LogP contribution in [0.4, 0.5) is 0 Å². The normalized spacial score (nSPS) is 11.9. The lowest BCUT2D eigenvalue weighted by atomic mass is 10.1. The van der Waals surface area contributed by atoms with E-state index in [0.29, 0.717) is 0 Å². The van der Waals surface area contributed by atoms with E-state index in [4.69, 9.17) is 0 Å². The molecule has 0 atom stereocenters. The van der Waals surface area contributed by atoms with Gasteiger partial charge in [-0.05, 0) is 31.4 Å². The minimum Gasteiger partial charge on any atom is -0.229 e. The molecular weight excluding hydrogens is 240 g/mol. The van der Waals surface area contributed by atoms with E-state index in [0.717, 1.165) is 16.9 Å². The fourth-order valence-electron chi connectivity index (χ4n) is 1.64. The molecule has 0 aliphatic carbocycles. The lowest BCUT2D eigenvalue weighted by molar-refractivity contribution is 0.601. The number of rotatable bonds is 6. The molecule has 0 aliphatic rings. The van der Waals surface area contributed by atoms with Crippen molar-refractivity contribution in [2.24, 2.45) is 0 Å². The van der Waals surface area contributed by atoms with E-state index in [1.54, 1.807) is 11.3 Å². The largest absolute Gasteiger partial charge is 0.229 e. The number of unbranched alkanes of at least 4 members (excludes halogenated alkanes) is 2. The SMILES string of the molecule is CCCCCc1cc(C)c(CS(C)(=O)=O)s1. The Morgan fingerprint density at radius 2 is 2.00 bits per heavy atom. The lowest BCUT2D eigenvalue weighted by Crippen LogP contribution is -1.99. The van der Waals surface area contributed by atoms with Crippen molar-refractivity contribution in [3.63, 3.8) is 0 Å². The second-order valence-electron chi connectivity index (χ2n) is 4.35. The summed E-state index contributed by atoms with van der Waals surface area (Å²) in [6.07, 6.45) is 6.06. The van der Waals surface area contributed by atoms with Gasteiger partial charge in [0.05, 0.1) is 5.75 Å². The maximum atomic E-state index is 11.2. The van der Waals surface area contributed by atoms with Gasteiger partial charge in [0.2, 0.25) is 0 Å². The van der Waals surface area contributed by atoms with Crippen molar-refractivity contribution in [3.8, 4) is 0 Å². The first-order valence-corrected chi connectivity index (χ1v) is 8.56. The second kappa shape index (κ2) is 5.82.